The topological polar surface area (TPSA) is 91.0 Å². The number of rotatable bonds is 18. The van der Waals surface area contributed by atoms with E-state index in [1.54, 1.807) is 31.4 Å². The second-order valence-corrected chi connectivity index (χ2v) is 43.3. The number of anilines is 1. The van der Waals surface area contributed by atoms with Crippen LogP contribution in [0.25, 0.3) is 77.6 Å². The molecule has 11 heteroatoms. The number of Topliss-reactive ketones (excluding diaryl/α,β-unsaturated/α-hetero) is 1. The number of benzene rings is 8. The standard InChI is InChI=1S/C31H34N2O.C23H32FNO.C22H22FN.C22H36O.C21H24FN/c1-21(2)28-27(30(34)32-25-15-11-8-12-16-25)26(23-13-9-7-10-14-23)29(33(28)31(4,5)6)24-19-17-22(3)18-20-24;1-14(2)21-18(13-26-8)19(16-9-11-17(24)12-10-16)20(23(5,6)7)22(25-21)15(3)4;1-22(2,3)20-19(14-10-12-16(23)13-11-14)17-6-4-5-7-18(17)24-21(20)15-8-9-15;1-8-15(3)19(23)13-18-12-14(2)11-17-10-9-16(4)21(20(17)18)22(5,6)7;1-14(2)23-18-9-7-6-8-17(18)19(20(23)21(3,4)5)15-10-12-16(22)13-11-15/h7-21H,1-6H3,(H,32,34);9-12,14-15H,13H2,1-8H3;4-7,10-13,15H,8-9H2,1-3H3;9-11,14-16,18,20-21H,8,12-13H2,1-7H3;6-14H,1-5H3. The second kappa shape index (κ2) is 41.5. The van der Waals surface area contributed by atoms with Crippen LogP contribution in [0.1, 0.15) is 310 Å². The number of methoxy groups -OCH3 is 1. The molecule has 1 fully saturated rings. The zero-order chi connectivity index (χ0) is 95.1. The van der Waals surface area contributed by atoms with Crippen LogP contribution in [-0.4, -0.2) is 37.9 Å². The van der Waals surface area contributed by atoms with Crippen molar-refractivity contribution in [2.75, 3.05) is 12.4 Å². The Balaban J connectivity index is 0.000000158. The SMILES string of the molecule is CC(C)(C)c1c(C2CC2)nc2ccccc2c1-c1ccc(F)cc1.CC(C)n1c(C(C)(C)C)c(-c2ccc(F)cc2)c2ccccc21.CCC(C)C(=O)CC1CC(C)C=C2C=CC(C)C(C(C)(C)C)C21.COCc1c(C(C)C)nc(C(C)C)c(C(C)(C)C)c1-c1ccc(F)cc1.Cc1ccc(-c2c(-c3ccccc3)c(C(=O)Nc3ccccc3)c(C(C)C)n2C(C)(C)C)cc1. The Labute approximate surface area is 777 Å². The summed E-state index contributed by atoms with van der Waals surface area (Å²) in [7, 11) is 1.71. The predicted octanol–water partition coefficient (Wildman–Crippen LogP) is 33.4. The number of aromatic nitrogens is 4. The summed E-state index contributed by atoms with van der Waals surface area (Å²) in [5.41, 5.74) is 26.9. The van der Waals surface area contributed by atoms with Crippen molar-refractivity contribution in [1.82, 2.24) is 19.1 Å². The molecule has 3 aliphatic carbocycles. The number of ether oxygens (including phenoxy) is 1. The molecule has 15 rings (SSSR count). The summed E-state index contributed by atoms with van der Waals surface area (Å²) >= 11 is 0. The lowest BCUT2D eigenvalue weighted by molar-refractivity contribution is -0.124. The summed E-state index contributed by atoms with van der Waals surface area (Å²) in [4.78, 5) is 36.8. The molecule has 0 bridgehead atoms. The van der Waals surface area contributed by atoms with Gasteiger partial charge < -0.3 is 19.2 Å². The van der Waals surface area contributed by atoms with Gasteiger partial charge in [0.2, 0.25) is 0 Å². The maximum Gasteiger partial charge on any atom is 0.258 e. The van der Waals surface area contributed by atoms with Gasteiger partial charge >= 0.3 is 0 Å². The molecular weight excluding hydrogens is 1600 g/mol. The van der Waals surface area contributed by atoms with E-state index in [0.29, 0.717) is 59.9 Å². The van der Waals surface area contributed by atoms with Crippen molar-refractivity contribution in [3.8, 4) is 55.8 Å². The predicted molar refractivity (Wildman–Crippen MR) is 544 cm³/mol. The summed E-state index contributed by atoms with van der Waals surface area (Å²) in [6.45, 7) is 62.8. The Morgan fingerprint density at radius 1 is 0.531 bits per heavy atom. The van der Waals surface area contributed by atoms with Crippen molar-refractivity contribution in [3.05, 3.63) is 304 Å². The van der Waals surface area contributed by atoms with Gasteiger partial charge in [-0.2, -0.15) is 0 Å². The number of carbonyl (C=O) groups excluding carboxylic acids is 2. The molecular formula is C119H148F3N5O3. The quantitative estimate of drug-likeness (QED) is 0.0924. The average molecular weight is 1750 g/mol. The number of hydrogen-bond donors (Lipinski definition) is 1. The zero-order valence-corrected chi connectivity index (χ0v) is 83.6. The number of para-hydroxylation sites is 3. The fraction of sp³-hybridized carbons (Fsp3) is 0.429. The van der Waals surface area contributed by atoms with E-state index >= 15 is 0 Å². The number of fused-ring (bicyclic) bond motifs is 3. The maximum atomic E-state index is 14.0. The van der Waals surface area contributed by atoms with Crippen LogP contribution >= 0.6 is 0 Å². The van der Waals surface area contributed by atoms with E-state index in [2.05, 4.69) is 305 Å². The van der Waals surface area contributed by atoms with Crippen molar-refractivity contribution in [2.45, 2.75) is 284 Å². The van der Waals surface area contributed by atoms with Crippen molar-refractivity contribution < 1.29 is 27.5 Å². The Morgan fingerprint density at radius 2 is 1.02 bits per heavy atom. The highest BCUT2D eigenvalue weighted by Gasteiger charge is 2.46. The van der Waals surface area contributed by atoms with E-state index in [4.69, 9.17) is 14.7 Å². The molecule has 688 valence electrons. The van der Waals surface area contributed by atoms with Gasteiger partial charge in [0.1, 0.15) is 23.2 Å². The molecule has 4 aromatic heterocycles. The number of nitrogens with zero attached hydrogens (tertiary/aromatic N) is 4. The van der Waals surface area contributed by atoms with Crippen LogP contribution in [0.4, 0.5) is 18.9 Å². The first kappa shape index (κ1) is 100. The number of aryl methyl sites for hydroxylation is 1. The Hall–Kier alpha value is -10.5. The largest absolute Gasteiger partial charge is 0.380 e. The fourth-order valence-corrected chi connectivity index (χ4v) is 20.2. The molecule has 1 amide bonds. The number of amides is 1. The molecule has 0 aliphatic heterocycles. The fourth-order valence-electron chi connectivity index (χ4n) is 20.2. The molecule has 8 nitrogen and oxygen atoms in total. The third-order valence-electron chi connectivity index (χ3n) is 25.9. The number of nitrogens with one attached hydrogen (secondary N) is 1. The van der Waals surface area contributed by atoms with Crippen LogP contribution < -0.4 is 5.32 Å². The first-order valence-electron chi connectivity index (χ1n) is 47.8. The molecule has 0 spiro atoms. The molecule has 6 atom stereocenters. The van der Waals surface area contributed by atoms with Crippen molar-refractivity contribution in [1.29, 1.82) is 0 Å². The van der Waals surface area contributed by atoms with Gasteiger partial charge in [0.05, 0.1) is 23.4 Å². The lowest BCUT2D eigenvalue weighted by Crippen LogP contribution is -2.42. The monoisotopic (exact) mass is 1750 g/mol. The third kappa shape index (κ3) is 23.1. The van der Waals surface area contributed by atoms with Gasteiger partial charge in [-0.1, -0.05) is 322 Å². The lowest BCUT2D eigenvalue weighted by Gasteiger charge is -2.49. The minimum atomic E-state index is -0.228. The van der Waals surface area contributed by atoms with Crippen molar-refractivity contribution >= 4 is 39.2 Å². The van der Waals surface area contributed by atoms with Gasteiger partial charge in [-0.05, 0) is 247 Å². The van der Waals surface area contributed by atoms with Gasteiger partial charge in [-0.25, -0.2) is 13.2 Å². The first-order valence-corrected chi connectivity index (χ1v) is 47.8. The summed E-state index contributed by atoms with van der Waals surface area (Å²) in [5, 5.41) is 5.55. The normalized spacial score (nSPS) is 16.7. The molecule has 6 unspecified atom stereocenters. The summed E-state index contributed by atoms with van der Waals surface area (Å²) in [6.07, 6.45) is 12.6. The smallest absolute Gasteiger partial charge is 0.258 e. The molecule has 0 radical (unpaired) electrons. The van der Waals surface area contributed by atoms with E-state index < -0.39 is 0 Å². The third-order valence-corrected chi connectivity index (χ3v) is 25.9. The van der Waals surface area contributed by atoms with Gasteiger partial charge in [0, 0.05) is 109 Å². The number of carbonyl (C=O) groups is 2. The van der Waals surface area contributed by atoms with E-state index in [0.717, 1.165) is 102 Å². The molecule has 3 aliphatic rings. The first-order chi connectivity index (χ1) is 61.2. The number of ketones is 1. The summed E-state index contributed by atoms with van der Waals surface area (Å²) in [5.74, 6) is 4.18. The van der Waals surface area contributed by atoms with Crippen LogP contribution in [0.15, 0.2) is 230 Å². The molecule has 1 saturated carbocycles. The van der Waals surface area contributed by atoms with Crippen LogP contribution in [0.3, 0.4) is 0 Å². The van der Waals surface area contributed by atoms with Gasteiger partial charge in [-0.3, -0.25) is 19.6 Å². The van der Waals surface area contributed by atoms with Gasteiger partial charge in [0.25, 0.3) is 5.91 Å². The number of hydrogen-bond acceptors (Lipinski definition) is 5. The van der Waals surface area contributed by atoms with E-state index in [1.165, 1.54) is 87.1 Å². The molecule has 1 N–H and O–H groups in total. The highest BCUT2D eigenvalue weighted by Crippen LogP contribution is 2.55. The second-order valence-electron chi connectivity index (χ2n) is 43.3. The maximum absolute atomic E-state index is 14.0. The minimum Gasteiger partial charge on any atom is -0.380 e. The molecule has 4 heterocycles. The Morgan fingerprint density at radius 3 is 1.51 bits per heavy atom. The highest BCUT2D eigenvalue weighted by molar-refractivity contribution is 6.13. The average Bonchev–Trinajstić information content (AvgIpc) is 1.64. The molecule has 12 aromatic rings. The summed E-state index contributed by atoms with van der Waals surface area (Å²) < 4.78 is 50.8. The number of pyridine rings is 2. The number of halogens is 3. The zero-order valence-electron chi connectivity index (χ0n) is 83.6. The van der Waals surface area contributed by atoms with Crippen LogP contribution in [0, 0.1) is 65.3 Å². The highest BCUT2D eigenvalue weighted by atomic mass is 19.1. The number of allylic oxidation sites excluding steroid dienone is 4. The van der Waals surface area contributed by atoms with E-state index in [9.17, 15) is 22.8 Å². The summed E-state index contributed by atoms with van der Waals surface area (Å²) in [6, 6.07) is 66.3. The molecule has 0 saturated heterocycles. The van der Waals surface area contributed by atoms with Gasteiger partial charge in [0.15, 0.2) is 0 Å². The Kier molecular flexibility index (Phi) is 32.0. The van der Waals surface area contributed by atoms with Crippen LogP contribution in [0.2, 0.25) is 0 Å². The Bertz CT molecular complexity index is 5930. The lowest BCUT2D eigenvalue weighted by atomic mass is 9.55. The van der Waals surface area contributed by atoms with Crippen LogP contribution in [0.5, 0.6) is 0 Å². The molecule has 130 heavy (non-hydrogen) atoms. The van der Waals surface area contributed by atoms with Crippen molar-refractivity contribution in [2.24, 2.45) is 40.9 Å². The minimum absolute atomic E-state index is 0.00694. The van der Waals surface area contributed by atoms with E-state index in [1.807, 2.05) is 91.0 Å². The molecule has 8 aromatic carbocycles. The van der Waals surface area contributed by atoms with Crippen molar-refractivity contribution in [3.63, 3.8) is 0 Å². The van der Waals surface area contributed by atoms with Crippen LogP contribution in [-0.2, 0) is 37.9 Å². The van der Waals surface area contributed by atoms with E-state index in [-0.39, 0.29) is 68.3 Å². The van der Waals surface area contributed by atoms with Gasteiger partial charge in [-0.15, -0.1) is 0 Å².